The van der Waals surface area contributed by atoms with Crippen molar-refractivity contribution >= 4 is 39.1 Å². The second-order valence-electron chi connectivity index (χ2n) is 4.76. The van der Waals surface area contributed by atoms with Gasteiger partial charge in [-0.05, 0) is 25.1 Å². The molecule has 0 saturated heterocycles. The molecule has 0 bridgehead atoms. The summed E-state index contributed by atoms with van der Waals surface area (Å²) in [4.78, 5) is 11.7. The van der Waals surface area contributed by atoms with Crippen LogP contribution in [-0.2, 0) is 19.6 Å². The Morgan fingerprint density at radius 3 is 2.64 bits per heavy atom. The summed E-state index contributed by atoms with van der Waals surface area (Å²) in [7, 11) is -1.10. The average molecular weight is 369 g/mol. The van der Waals surface area contributed by atoms with Crippen molar-refractivity contribution in [2.75, 3.05) is 27.3 Å². The van der Waals surface area contributed by atoms with Crippen molar-refractivity contribution in [3.05, 3.63) is 28.2 Å². The molecule has 1 aromatic carbocycles. The fraction of sp³-hybridized carbons (Fsp3) is 0.462. The summed E-state index contributed by atoms with van der Waals surface area (Å²) < 4.78 is 30.7. The Bertz CT molecular complexity index is 637. The fourth-order valence-electron chi connectivity index (χ4n) is 1.74. The molecule has 0 spiro atoms. The summed E-state index contributed by atoms with van der Waals surface area (Å²) in [6.07, 6.45) is 0. The van der Waals surface area contributed by atoms with Gasteiger partial charge in [0.1, 0.15) is 4.90 Å². The van der Waals surface area contributed by atoms with Gasteiger partial charge in [-0.1, -0.05) is 23.2 Å². The van der Waals surface area contributed by atoms with Crippen molar-refractivity contribution in [2.45, 2.75) is 17.9 Å². The van der Waals surface area contributed by atoms with Crippen LogP contribution >= 0.6 is 23.2 Å². The third-order valence-corrected chi connectivity index (χ3v) is 5.29. The number of methoxy groups -OCH3 is 1. The van der Waals surface area contributed by atoms with Crippen molar-refractivity contribution in [1.29, 1.82) is 0 Å². The van der Waals surface area contributed by atoms with Crippen LogP contribution in [0.1, 0.15) is 6.92 Å². The number of halogens is 2. The van der Waals surface area contributed by atoms with Crippen LogP contribution in [0.3, 0.4) is 0 Å². The zero-order valence-electron chi connectivity index (χ0n) is 12.5. The lowest BCUT2D eigenvalue weighted by atomic mass is 10.3. The van der Waals surface area contributed by atoms with Gasteiger partial charge < -0.3 is 10.1 Å². The molecule has 1 aromatic rings. The Balaban J connectivity index is 2.85. The summed E-state index contributed by atoms with van der Waals surface area (Å²) in [5.41, 5.74) is 0. The lowest BCUT2D eigenvalue weighted by Gasteiger charge is -2.19. The predicted molar refractivity (Wildman–Crippen MR) is 85.8 cm³/mol. The van der Waals surface area contributed by atoms with Crippen LogP contribution < -0.4 is 5.32 Å². The average Bonchev–Trinajstić information content (AvgIpc) is 2.41. The van der Waals surface area contributed by atoms with Crippen molar-refractivity contribution in [2.24, 2.45) is 0 Å². The van der Waals surface area contributed by atoms with Gasteiger partial charge in [-0.15, -0.1) is 0 Å². The lowest BCUT2D eigenvalue weighted by Crippen LogP contribution is -2.43. The zero-order chi connectivity index (χ0) is 16.9. The van der Waals surface area contributed by atoms with E-state index in [1.807, 2.05) is 0 Å². The van der Waals surface area contributed by atoms with Gasteiger partial charge in [-0.2, -0.15) is 4.31 Å². The molecule has 1 N–H and O–H groups in total. The van der Waals surface area contributed by atoms with E-state index < -0.39 is 15.9 Å². The highest BCUT2D eigenvalue weighted by molar-refractivity contribution is 7.89. The highest BCUT2D eigenvalue weighted by Gasteiger charge is 2.26. The van der Waals surface area contributed by atoms with Crippen LogP contribution in [0.25, 0.3) is 0 Å². The maximum Gasteiger partial charge on any atom is 0.244 e. The van der Waals surface area contributed by atoms with Gasteiger partial charge in [0.15, 0.2) is 0 Å². The summed E-state index contributed by atoms with van der Waals surface area (Å²) in [6, 6.07) is 3.91. The van der Waals surface area contributed by atoms with E-state index in [9.17, 15) is 13.2 Å². The van der Waals surface area contributed by atoms with Crippen molar-refractivity contribution in [3.63, 3.8) is 0 Å². The molecule has 1 amide bonds. The first-order chi connectivity index (χ1) is 10.2. The predicted octanol–water partition coefficient (Wildman–Crippen LogP) is 1.76. The standard InChI is InChI=1S/C13H18Cl2N2O4S/c1-9(8-21-3)16-13(18)7-17(2)22(19,20)12-6-10(14)4-5-11(12)15/h4-6,9H,7-8H2,1-3H3,(H,16,18)/t9-/m0/s1. The zero-order valence-corrected chi connectivity index (χ0v) is 14.8. The Hall–Kier alpha value is -0.860. The first-order valence-corrected chi connectivity index (χ1v) is 8.57. The number of benzene rings is 1. The Kier molecular flexibility index (Phi) is 7.08. The molecule has 6 nitrogen and oxygen atoms in total. The molecule has 0 unspecified atom stereocenters. The summed E-state index contributed by atoms with van der Waals surface area (Å²) >= 11 is 11.7. The molecule has 0 radical (unpaired) electrons. The first-order valence-electron chi connectivity index (χ1n) is 6.38. The van der Waals surface area contributed by atoms with Crippen molar-refractivity contribution in [3.8, 4) is 0 Å². The highest BCUT2D eigenvalue weighted by Crippen LogP contribution is 2.26. The van der Waals surface area contributed by atoms with Gasteiger partial charge in [-0.25, -0.2) is 8.42 Å². The van der Waals surface area contributed by atoms with Gasteiger partial charge in [0.25, 0.3) is 0 Å². The number of nitrogens with zero attached hydrogens (tertiary/aromatic N) is 1. The molecule has 0 aliphatic heterocycles. The SMILES string of the molecule is COC[C@H](C)NC(=O)CN(C)S(=O)(=O)c1cc(Cl)ccc1Cl. The van der Waals surface area contributed by atoms with Crippen LogP contribution in [-0.4, -0.2) is 52.0 Å². The fourth-order valence-corrected chi connectivity index (χ4v) is 3.60. The van der Waals surface area contributed by atoms with E-state index in [2.05, 4.69) is 5.32 Å². The molecule has 9 heteroatoms. The molecule has 124 valence electrons. The molecule has 22 heavy (non-hydrogen) atoms. The Morgan fingerprint density at radius 2 is 2.05 bits per heavy atom. The summed E-state index contributed by atoms with van der Waals surface area (Å²) in [5.74, 6) is -0.436. The van der Waals surface area contributed by atoms with Gasteiger partial charge in [0.2, 0.25) is 15.9 Å². The summed E-state index contributed by atoms with van der Waals surface area (Å²) in [6.45, 7) is 1.76. The van der Waals surface area contributed by atoms with E-state index >= 15 is 0 Å². The minimum absolute atomic E-state index is 0.0457. The van der Waals surface area contributed by atoms with Crippen LogP contribution in [0.2, 0.25) is 10.0 Å². The second kappa shape index (κ2) is 8.12. The summed E-state index contributed by atoms with van der Waals surface area (Å²) in [5, 5.41) is 2.92. The largest absolute Gasteiger partial charge is 0.383 e. The number of ether oxygens (including phenoxy) is 1. The topological polar surface area (TPSA) is 75.7 Å². The molecular formula is C13H18Cl2N2O4S. The third kappa shape index (κ3) is 5.10. The van der Waals surface area contributed by atoms with E-state index in [1.54, 1.807) is 6.92 Å². The minimum atomic E-state index is -3.91. The van der Waals surface area contributed by atoms with E-state index in [1.165, 1.54) is 32.4 Å². The van der Waals surface area contributed by atoms with E-state index in [4.69, 9.17) is 27.9 Å². The number of carbonyl (C=O) groups excluding carboxylic acids is 1. The third-order valence-electron chi connectivity index (χ3n) is 2.77. The van der Waals surface area contributed by atoms with E-state index in [0.29, 0.717) is 6.61 Å². The van der Waals surface area contributed by atoms with E-state index in [0.717, 1.165) is 4.31 Å². The number of hydrogen-bond acceptors (Lipinski definition) is 4. The molecular weight excluding hydrogens is 351 g/mol. The number of sulfonamides is 1. The Labute approximate surface area is 140 Å². The number of amides is 1. The van der Waals surface area contributed by atoms with Gasteiger partial charge in [0, 0.05) is 25.2 Å². The molecule has 0 heterocycles. The molecule has 1 atom stereocenters. The van der Waals surface area contributed by atoms with Gasteiger partial charge >= 0.3 is 0 Å². The number of carbonyl (C=O) groups is 1. The number of likely N-dealkylation sites (N-methyl/N-ethyl adjacent to an activating group) is 1. The van der Waals surface area contributed by atoms with E-state index in [-0.39, 0.29) is 27.5 Å². The number of rotatable bonds is 7. The number of hydrogen-bond donors (Lipinski definition) is 1. The van der Waals surface area contributed by atoms with Crippen LogP contribution in [0, 0.1) is 0 Å². The van der Waals surface area contributed by atoms with Crippen molar-refractivity contribution in [1.82, 2.24) is 9.62 Å². The minimum Gasteiger partial charge on any atom is -0.383 e. The van der Waals surface area contributed by atoms with Crippen LogP contribution in [0.5, 0.6) is 0 Å². The monoisotopic (exact) mass is 368 g/mol. The maximum absolute atomic E-state index is 12.4. The molecule has 0 aromatic heterocycles. The normalized spacial score (nSPS) is 13.2. The van der Waals surface area contributed by atoms with Crippen LogP contribution in [0.15, 0.2) is 23.1 Å². The van der Waals surface area contributed by atoms with Gasteiger partial charge in [0.05, 0.1) is 18.2 Å². The Morgan fingerprint density at radius 1 is 1.41 bits per heavy atom. The van der Waals surface area contributed by atoms with Gasteiger partial charge in [-0.3, -0.25) is 4.79 Å². The second-order valence-corrected chi connectivity index (χ2v) is 7.62. The smallest absolute Gasteiger partial charge is 0.244 e. The van der Waals surface area contributed by atoms with Crippen LogP contribution in [0.4, 0.5) is 0 Å². The highest BCUT2D eigenvalue weighted by atomic mass is 35.5. The first kappa shape index (κ1) is 19.2. The molecule has 1 rings (SSSR count). The number of nitrogens with one attached hydrogen (secondary N) is 1. The lowest BCUT2D eigenvalue weighted by molar-refractivity contribution is -0.122. The quantitative estimate of drug-likeness (QED) is 0.795. The maximum atomic E-state index is 12.4. The molecule has 0 aliphatic carbocycles. The molecule has 0 aliphatic rings. The molecule has 0 saturated carbocycles. The van der Waals surface area contributed by atoms with Crippen molar-refractivity contribution < 1.29 is 17.9 Å². The molecule has 0 fully saturated rings.